The first-order valence-corrected chi connectivity index (χ1v) is 4.53. The molecule has 1 aliphatic rings. The fourth-order valence-corrected chi connectivity index (χ4v) is 1.48. The molecule has 1 heterocycles. The van der Waals surface area contributed by atoms with Crippen LogP contribution in [-0.4, -0.2) is 11.8 Å². The van der Waals surface area contributed by atoms with Crippen LogP contribution in [0.1, 0.15) is 6.92 Å². The number of carbonyl (C=O) groups is 2. The first kappa shape index (κ1) is 10.5. The molecule has 0 radical (unpaired) electrons. The number of amides is 2. The van der Waals surface area contributed by atoms with Gasteiger partial charge in [-0.05, 0) is 19.1 Å². The molecule has 0 N–H and O–H groups in total. The van der Waals surface area contributed by atoms with Crippen molar-refractivity contribution in [3.05, 3.63) is 41.5 Å². The topological polar surface area (TPSA) is 37.4 Å². The fourth-order valence-electron chi connectivity index (χ4n) is 1.48. The minimum atomic E-state index is -1.20. The van der Waals surface area contributed by atoms with Crippen LogP contribution in [-0.2, 0) is 9.59 Å². The molecule has 0 bridgehead atoms. The van der Waals surface area contributed by atoms with Gasteiger partial charge in [0, 0.05) is 11.6 Å². The number of benzene rings is 1. The van der Waals surface area contributed by atoms with Crippen LogP contribution < -0.4 is 4.90 Å². The summed E-state index contributed by atoms with van der Waals surface area (Å²) in [4.78, 5) is 23.5. The number of carbonyl (C=O) groups excluding carboxylic acids is 2. The van der Waals surface area contributed by atoms with E-state index >= 15 is 0 Å². The second kappa shape index (κ2) is 3.52. The lowest BCUT2D eigenvalue weighted by Crippen LogP contribution is -2.31. The summed E-state index contributed by atoms with van der Waals surface area (Å²) in [6, 6.07) is 3.34. The van der Waals surface area contributed by atoms with E-state index in [-0.39, 0.29) is 11.3 Å². The maximum atomic E-state index is 13.4. The van der Waals surface area contributed by atoms with E-state index < -0.39 is 23.4 Å². The molecule has 3 nitrogen and oxygen atoms in total. The van der Waals surface area contributed by atoms with Crippen molar-refractivity contribution in [2.75, 3.05) is 4.90 Å². The van der Waals surface area contributed by atoms with Gasteiger partial charge in [-0.15, -0.1) is 0 Å². The third-order valence-corrected chi connectivity index (χ3v) is 2.27. The Morgan fingerprint density at radius 2 is 1.88 bits per heavy atom. The Hall–Kier alpha value is -2.04. The molecule has 2 amide bonds. The third-order valence-electron chi connectivity index (χ3n) is 2.27. The van der Waals surface area contributed by atoms with Crippen LogP contribution in [0.5, 0.6) is 0 Å². The maximum Gasteiger partial charge on any atom is 0.261 e. The zero-order valence-corrected chi connectivity index (χ0v) is 8.33. The summed E-state index contributed by atoms with van der Waals surface area (Å²) in [5.74, 6) is -3.59. The minimum Gasteiger partial charge on any atom is -0.269 e. The van der Waals surface area contributed by atoms with Crippen molar-refractivity contribution in [2.45, 2.75) is 6.92 Å². The molecule has 0 unspecified atom stereocenters. The van der Waals surface area contributed by atoms with Gasteiger partial charge in [-0.3, -0.25) is 9.59 Å². The van der Waals surface area contributed by atoms with Crippen molar-refractivity contribution in [1.82, 2.24) is 0 Å². The number of halogens is 2. The average Bonchev–Trinajstić information content (AvgIpc) is 2.47. The maximum absolute atomic E-state index is 13.4. The van der Waals surface area contributed by atoms with Crippen LogP contribution in [0.15, 0.2) is 29.8 Å². The number of hydrogen-bond donors (Lipinski definition) is 0. The van der Waals surface area contributed by atoms with E-state index in [4.69, 9.17) is 0 Å². The van der Waals surface area contributed by atoms with Crippen LogP contribution in [0.3, 0.4) is 0 Å². The van der Waals surface area contributed by atoms with E-state index in [2.05, 4.69) is 0 Å². The molecule has 0 spiro atoms. The Balaban J connectivity index is 2.51. The van der Waals surface area contributed by atoms with E-state index in [1.165, 1.54) is 19.1 Å². The van der Waals surface area contributed by atoms with E-state index in [1.807, 2.05) is 0 Å². The summed E-state index contributed by atoms with van der Waals surface area (Å²) in [5.41, 5.74) is -0.156. The van der Waals surface area contributed by atoms with Crippen molar-refractivity contribution in [2.24, 2.45) is 0 Å². The Morgan fingerprint density at radius 1 is 1.19 bits per heavy atom. The molecule has 0 saturated heterocycles. The molecule has 82 valence electrons. The molecule has 0 saturated carbocycles. The summed E-state index contributed by atoms with van der Waals surface area (Å²) >= 11 is 0. The number of hydrogen-bond acceptors (Lipinski definition) is 2. The lowest BCUT2D eigenvalue weighted by molar-refractivity contribution is -0.120. The normalized spacial score (nSPS) is 15.7. The molecule has 1 aromatic carbocycles. The molecule has 0 aliphatic carbocycles. The van der Waals surface area contributed by atoms with Gasteiger partial charge in [0.2, 0.25) is 0 Å². The lowest BCUT2D eigenvalue weighted by Gasteiger charge is -2.15. The first-order valence-electron chi connectivity index (χ1n) is 4.53. The number of rotatable bonds is 1. The van der Waals surface area contributed by atoms with Gasteiger partial charge in [0.1, 0.15) is 0 Å². The van der Waals surface area contributed by atoms with Gasteiger partial charge in [-0.25, -0.2) is 13.7 Å². The van der Waals surface area contributed by atoms with E-state index in [0.29, 0.717) is 4.90 Å². The smallest absolute Gasteiger partial charge is 0.261 e. The second-order valence-corrected chi connectivity index (χ2v) is 3.38. The van der Waals surface area contributed by atoms with Crippen LogP contribution in [0.25, 0.3) is 0 Å². The van der Waals surface area contributed by atoms with Crippen molar-refractivity contribution in [1.29, 1.82) is 0 Å². The van der Waals surface area contributed by atoms with Crippen molar-refractivity contribution in [3.63, 3.8) is 0 Å². The van der Waals surface area contributed by atoms with Gasteiger partial charge in [0.25, 0.3) is 11.8 Å². The summed E-state index contributed by atoms with van der Waals surface area (Å²) in [6.07, 6.45) is 1.09. The highest BCUT2D eigenvalue weighted by molar-refractivity contribution is 6.30. The van der Waals surface area contributed by atoms with Gasteiger partial charge in [-0.2, -0.15) is 0 Å². The SMILES string of the molecule is CC1=CC(=O)N(c2cccc(F)c2F)C1=O. The number of nitrogens with zero attached hydrogens (tertiary/aromatic N) is 1. The predicted octanol–water partition coefficient (Wildman–Crippen LogP) is 1.78. The highest BCUT2D eigenvalue weighted by Crippen LogP contribution is 2.26. The van der Waals surface area contributed by atoms with Crippen molar-refractivity contribution < 1.29 is 18.4 Å². The Kier molecular flexibility index (Phi) is 2.30. The zero-order chi connectivity index (χ0) is 11.9. The molecular weight excluding hydrogens is 216 g/mol. The highest BCUT2D eigenvalue weighted by atomic mass is 19.2. The molecule has 0 fully saturated rings. The molecule has 5 heteroatoms. The highest BCUT2D eigenvalue weighted by Gasteiger charge is 2.32. The molecule has 1 aliphatic heterocycles. The average molecular weight is 223 g/mol. The third kappa shape index (κ3) is 1.41. The molecule has 0 atom stereocenters. The van der Waals surface area contributed by atoms with Gasteiger partial charge in [0.15, 0.2) is 11.6 Å². The Morgan fingerprint density at radius 3 is 2.44 bits per heavy atom. The predicted molar refractivity (Wildman–Crippen MR) is 52.6 cm³/mol. The Bertz CT molecular complexity index is 523. The van der Waals surface area contributed by atoms with Crippen molar-refractivity contribution >= 4 is 17.5 Å². The van der Waals surface area contributed by atoms with Crippen LogP contribution in [0, 0.1) is 11.6 Å². The van der Waals surface area contributed by atoms with Crippen LogP contribution in [0.4, 0.5) is 14.5 Å². The van der Waals surface area contributed by atoms with Crippen LogP contribution in [0.2, 0.25) is 0 Å². The zero-order valence-electron chi connectivity index (χ0n) is 8.33. The van der Waals surface area contributed by atoms with Gasteiger partial charge in [-0.1, -0.05) is 6.07 Å². The fraction of sp³-hybridized carbons (Fsp3) is 0.0909. The summed E-state index contributed by atoms with van der Waals surface area (Å²) in [6.45, 7) is 1.44. The molecule has 1 aromatic rings. The standard InChI is InChI=1S/C11H7F2NO2/c1-6-5-9(15)14(11(6)16)8-4-2-3-7(12)10(8)13/h2-5H,1H3. The summed E-state index contributed by atoms with van der Waals surface area (Å²) in [7, 11) is 0. The van der Waals surface area contributed by atoms with Crippen molar-refractivity contribution in [3.8, 4) is 0 Å². The Labute approximate surface area is 90.0 Å². The summed E-state index contributed by atoms with van der Waals surface area (Å²) in [5, 5.41) is 0. The lowest BCUT2D eigenvalue weighted by atomic mass is 10.2. The van der Waals surface area contributed by atoms with E-state index in [9.17, 15) is 18.4 Å². The van der Waals surface area contributed by atoms with Gasteiger partial charge in [0.05, 0.1) is 5.69 Å². The molecule has 0 aromatic heterocycles. The summed E-state index contributed by atoms with van der Waals surface area (Å²) < 4.78 is 26.3. The number of anilines is 1. The second-order valence-electron chi connectivity index (χ2n) is 3.38. The monoisotopic (exact) mass is 223 g/mol. The largest absolute Gasteiger partial charge is 0.269 e. The molecular formula is C11H7F2NO2. The van der Waals surface area contributed by atoms with Gasteiger partial charge < -0.3 is 0 Å². The quantitative estimate of drug-likeness (QED) is 0.680. The molecule has 16 heavy (non-hydrogen) atoms. The van der Waals surface area contributed by atoms with Gasteiger partial charge >= 0.3 is 0 Å². The molecule has 2 rings (SSSR count). The first-order chi connectivity index (χ1) is 7.52. The van der Waals surface area contributed by atoms with E-state index in [0.717, 1.165) is 12.1 Å². The number of imide groups is 1. The minimum absolute atomic E-state index is 0.202. The van der Waals surface area contributed by atoms with E-state index in [1.54, 1.807) is 0 Å². The van der Waals surface area contributed by atoms with Crippen LogP contribution >= 0.6 is 0 Å².